The molecule has 1 N–H and O–H groups in total. The molecule has 7 nitrogen and oxygen atoms in total. The molecule has 224 valence electrons. The van der Waals surface area contributed by atoms with Crippen molar-refractivity contribution in [3.63, 3.8) is 0 Å². The standard InChI is InChI=1S/C26H31F6NO6S/c1-24(2,3)39-23(34)33-22(18-9-6-5-7-10-18)21(11-8-12-38-40(4,35)36)37-16-17-13-19(25(27,28)29)15-20(14-17)26(30,31)32/h5-7,9-10,13-15,21-22H,8,11-12,16H2,1-4H3,(H,33,34)/t21-,22-/m1/s1. The Kier molecular flexibility index (Phi) is 11.0. The van der Waals surface area contributed by atoms with Crippen molar-refractivity contribution in [2.24, 2.45) is 0 Å². The Labute approximate surface area is 228 Å². The maximum Gasteiger partial charge on any atom is 0.416 e. The highest BCUT2D eigenvalue weighted by Gasteiger charge is 2.37. The van der Waals surface area contributed by atoms with Crippen molar-refractivity contribution >= 4 is 16.2 Å². The highest BCUT2D eigenvalue weighted by molar-refractivity contribution is 7.85. The lowest BCUT2D eigenvalue weighted by molar-refractivity contribution is -0.143. The van der Waals surface area contributed by atoms with Crippen LogP contribution in [0, 0.1) is 0 Å². The molecule has 0 unspecified atom stereocenters. The van der Waals surface area contributed by atoms with Crippen molar-refractivity contribution in [3.05, 3.63) is 70.8 Å². The molecule has 0 saturated carbocycles. The minimum atomic E-state index is -5.04. The topological polar surface area (TPSA) is 90.9 Å². The Bertz CT molecular complexity index is 1190. The number of hydrogen-bond acceptors (Lipinski definition) is 6. The molecule has 2 aromatic rings. The zero-order valence-corrected chi connectivity index (χ0v) is 23.0. The lowest BCUT2D eigenvalue weighted by Gasteiger charge is -2.30. The molecule has 40 heavy (non-hydrogen) atoms. The van der Waals surface area contributed by atoms with Gasteiger partial charge >= 0.3 is 18.4 Å². The summed E-state index contributed by atoms with van der Waals surface area (Å²) in [6.07, 6.45) is -11.0. The first-order valence-corrected chi connectivity index (χ1v) is 13.8. The van der Waals surface area contributed by atoms with Crippen LogP contribution >= 0.6 is 0 Å². The molecule has 2 atom stereocenters. The molecule has 0 aliphatic rings. The predicted molar refractivity (Wildman–Crippen MR) is 134 cm³/mol. The number of nitrogens with one attached hydrogen (secondary N) is 1. The number of halogens is 6. The summed E-state index contributed by atoms with van der Waals surface area (Å²) in [6.45, 7) is 3.95. The molecule has 0 saturated heterocycles. The summed E-state index contributed by atoms with van der Waals surface area (Å²) in [5.41, 5.74) is -3.76. The minimum absolute atomic E-state index is 0.00989. The first-order chi connectivity index (χ1) is 18.2. The average molecular weight is 600 g/mol. The van der Waals surface area contributed by atoms with Gasteiger partial charge in [-0.2, -0.15) is 34.8 Å². The molecule has 0 spiro atoms. The summed E-state index contributed by atoms with van der Waals surface area (Å²) in [4.78, 5) is 12.6. The van der Waals surface area contributed by atoms with Gasteiger partial charge in [0.2, 0.25) is 0 Å². The van der Waals surface area contributed by atoms with Gasteiger partial charge in [0.05, 0.1) is 42.7 Å². The summed E-state index contributed by atoms with van der Waals surface area (Å²) < 4.78 is 119. The van der Waals surface area contributed by atoms with Gasteiger partial charge in [-0.15, -0.1) is 0 Å². The number of rotatable bonds is 11. The van der Waals surface area contributed by atoms with E-state index >= 15 is 0 Å². The van der Waals surface area contributed by atoms with Gasteiger partial charge in [-0.25, -0.2) is 4.79 Å². The van der Waals surface area contributed by atoms with E-state index in [0.717, 1.165) is 6.26 Å². The number of amides is 1. The second-order valence-corrected chi connectivity index (χ2v) is 11.6. The Morgan fingerprint density at radius 3 is 1.95 bits per heavy atom. The fourth-order valence-corrected chi connectivity index (χ4v) is 4.05. The predicted octanol–water partition coefficient (Wildman–Crippen LogP) is 6.63. The third kappa shape index (κ3) is 11.7. The van der Waals surface area contributed by atoms with Crippen LogP contribution in [0.2, 0.25) is 0 Å². The molecule has 0 radical (unpaired) electrons. The van der Waals surface area contributed by atoms with Crippen LogP contribution in [-0.4, -0.2) is 39.1 Å². The molecule has 0 bridgehead atoms. The number of benzene rings is 2. The molecule has 1 amide bonds. The van der Waals surface area contributed by atoms with E-state index in [1.807, 2.05) is 0 Å². The van der Waals surface area contributed by atoms with E-state index in [4.69, 9.17) is 13.7 Å². The number of carbonyl (C=O) groups is 1. The maximum atomic E-state index is 13.3. The number of alkyl carbamates (subject to hydrolysis) is 1. The van der Waals surface area contributed by atoms with Gasteiger partial charge in [-0.05, 0) is 62.9 Å². The first kappa shape index (κ1) is 33.4. The Morgan fingerprint density at radius 2 is 1.48 bits per heavy atom. The van der Waals surface area contributed by atoms with Gasteiger partial charge in [0.15, 0.2) is 0 Å². The molecular formula is C26H31F6NO6S. The number of alkyl halides is 6. The van der Waals surface area contributed by atoms with Crippen molar-refractivity contribution < 1.29 is 53.2 Å². The van der Waals surface area contributed by atoms with E-state index in [2.05, 4.69) is 5.32 Å². The lowest BCUT2D eigenvalue weighted by Crippen LogP contribution is -2.40. The summed E-state index contributed by atoms with van der Waals surface area (Å²) in [6, 6.07) is 8.44. The SMILES string of the molecule is CC(C)(C)OC(=O)N[C@H](c1ccccc1)[C@@H](CCCOS(C)(=O)=O)OCc1cc(C(F)(F)F)cc(C(F)(F)F)c1. The van der Waals surface area contributed by atoms with Crippen LogP contribution in [0.4, 0.5) is 31.1 Å². The molecule has 0 aliphatic heterocycles. The molecule has 0 heterocycles. The van der Waals surface area contributed by atoms with E-state index in [1.54, 1.807) is 51.1 Å². The number of carbonyl (C=O) groups excluding carboxylic acids is 1. The van der Waals surface area contributed by atoms with Crippen LogP contribution in [0.5, 0.6) is 0 Å². The molecule has 0 aromatic heterocycles. The second kappa shape index (κ2) is 13.2. The van der Waals surface area contributed by atoms with Gasteiger partial charge in [0.25, 0.3) is 10.1 Å². The van der Waals surface area contributed by atoms with E-state index in [1.165, 1.54) is 0 Å². The zero-order chi connectivity index (χ0) is 30.4. The quantitative estimate of drug-likeness (QED) is 0.177. The molecule has 14 heteroatoms. The van der Waals surface area contributed by atoms with Crippen LogP contribution in [0.1, 0.15) is 61.9 Å². The summed E-state index contributed by atoms with van der Waals surface area (Å²) in [7, 11) is -3.77. The summed E-state index contributed by atoms with van der Waals surface area (Å²) in [5.74, 6) is 0. The van der Waals surface area contributed by atoms with Gasteiger partial charge in [-0.3, -0.25) is 4.18 Å². The molecule has 0 aliphatic carbocycles. The Morgan fingerprint density at radius 1 is 0.925 bits per heavy atom. The Balaban J connectivity index is 2.42. The van der Waals surface area contributed by atoms with Crippen LogP contribution in [0.3, 0.4) is 0 Å². The van der Waals surface area contributed by atoms with Gasteiger partial charge in [0, 0.05) is 0 Å². The number of ether oxygens (including phenoxy) is 2. The highest BCUT2D eigenvalue weighted by atomic mass is 32.2. The van der Waals surface area contributed by atoms with Crippen molar-refractivity contribution in [1.82, 2.24) is 5.32 Å². The summed E-state index contributed by atoms with van der Waals surface area (Å²) in [5, 5.41) is 2.65. The third-order valence-corrected chi connectivity index (χ3v) is 5.84. The van der Waals surface area contributed by atoms with Crippen LogP contribution in [0.15, 0.2) is 48.5 Å². The number of hydrogen-bond donors (Lipinski definition) is 1. The fraction of sp³-hybridized carbons (Fsp3) is 0.500. The molecule has 2 rings (SSSR count). The van der Waals surface area contributed by atoms with Crippen LogP contribution < -0.4 is 5.32 Å². The smallest absolute Gasteiger partial charge is 0.416 e. The fourth-order valence-electron chi connectivity index (χ4n) is 3.63. The third-order valence-electron chi connectivity index (χ3n) is 5.24. The second-order valence-electron chi connectivity index (χ2n) is 9.97. The first-order valence-electron chi connectivity index (χ1n) is 12.0. The van der Waals surface area contributed by atoms with E-state index in [0.29, 0.717) is 17.7 Å². The van der Waals surface area contributed by atoms with Gasteiger partial charge in [-0.1, -0.05) is 30.3 Å². The monoisotopic (exact) mass is 599 g/mol. The van der Waals surface area contributed by atoms with Crippen molar-refractivity contribution in [2.45, 2.75) is 70.3 Å². The largest absolute Gasteiger partial charge is 0.444 e. The van der Waals surface area contributed by atoms with Crippen LogP contribution in [-0.2, 0) is 42.7 Å². The van der Waals surface area contributed by atoms with E-state index in [9.17, 15) is 39.6 Å². The maximum absolute atomic E-state index is 13.3. The van der Waals surface area contributed by atoms with Gasteiger partial charge in [0.1, 0.15) is 5.60 Å². The molecular weight excluding hydrogens is 568 g/mol. The van der Waals surface area contributed by atoms with Gasteiger partial charge < -0.3 is 14.8 Å². The van der Waals surface area contributed by atoms with Crippen molar-refractivity contribution in [3.8, 4) is 0 Å². The highest BCUT2D eigenvalue weighted by Crippen LogP contribution is 2.37. The zero-order valence-electron chi connectivity index (χ0n) is 22.2. The van der Waals surface area contributed by atoms with Crippen LogP contribution in [0.25, 0.3) is 0 Å². The minimum Gasteiger partial charge on any atom is -0.444 e. The molecule has 0 fully saturated rings. The molecule has 2 aromatic carbocycles. The van der Waals surface area contributed by atoms with E-state index < -0.39 is 69.6 Å². The normalized spacial score (nSPS) is 14.4. The Hall–Kier alpha value is -2.84. The van der Waals surface area contributed by atoms with Crippen molar-refractivity contribution in [1.29, 1.82) is 0 Å². The summed E-state index contributed by atoms with van der Waals surface area (Å²) >= 11 is 0. The average Bonchev–Trinajstić information content (AvgIpc) is 2.80. The van der Waals surface area contributed by atoms with E-state index in [-0.39, 0.29) is 25.5 Å². The van der Waals surface area contributed by atoms with Crippen molar-refractivity contribution in [2.75, 3.05) is 12.9 Å². The lowest BCUT2D eigenvalue weighted by atomic mass is 9.97.